The largest absolute Gasteiger partial charge is 0.343 e. The average molecular weight is 503 g/mol. The first-order valence-corrected chi connectivity index (χ1v) is 12.0. The Kier molecular flexibility index (Phi) is 4.22. The smallest absolute Gasteiger partial charge is 0.318 e. The number of ketones is 1. The Bertz CT molecular complexity index is 765. The first kappa shape index (κ1) is 20.1. The molecule has 6 unspecified atom stereocenters. The van der Waals surface area contributed by atoms with Crippen molar-refractivity contribution >= 4 is 49.3 Å². The SMILES string of the molecule is CC12CCC(C(=O)O/N=C3\CC4CCC3(C)C4(C)CBr)(C(Br)C1=O)C2(C)C. The van der Waals surface area contributed by atoms with E-state index >= 15 is 0 Å². The van der Waals surface area contributed by atoms with Crippen molar-refractivity contribution in [2.75, 3.05) is 5.33 Å². The third-order valence-corrected chi connectivity index (χ3v) is 12.2. The molecular weight excluding hydrogens is 474 g/mol. The highest BCUT2D eigenvalue weighted by molar-refractivity contribution is 9.10. The number of hydrogen-bond acceptors (Lipinski definition) is 4. The summed E-state index contributed by atoms with van der Waals surface area (Å²) in [5.74, 6) is 0.367. The number of alkyl halides is 2. The highest BCUT2D eigenvalue weighted by Crippen LogP contribution is 2.72. The van der Waals surface area contributed by atoms with Crippen molar-refractivity contribution < 1.29 is 14.4 Å². The maximum absolute atomic E-state index is 13.3. The molecule has 0 N–H and O–H groups in total. The van der Waals surface area contributed by atoms with Crippen molar-refractivity contribution in [3.8, 4) is 0 Å². The quantitative estimate of drug-likeness (QED) is 0.300. The molecule has 6 heteroatoms. The number of carbonyl (C=O) groups is 2. The number of rotatable bonds is 3. The summed E-state index contributed by atoms with van der Waals surface area (Å²) in [5, 5.41) is 5.37. The summed E-state index contributed by atoms with van der Waals surface area (Å²) >= 11 is 7.25. The monoisotopic (exact) mass is 501 g/mol. The molecule has 4 aliphatic carbocycles. The molecule has 0 saturated heterocycles. The summed E-state index contributed by atoms with van der Waals surface area (Å²) in [5.41, 5.74) is -0.632. The van der Waals surface area contributed by atoms with Crippen LogP contribution < -0.4 is 0 Å². The minimum atomic E-state index is -0.833. The van der Waals surface area contributed by atoms with Crippen molar-refractivity contribution in [2.45, 2.75) is 71.5 Å². The minimum absolute atomic E-state index is 0.0296. The summed E-state index contributed by atoms with van der Waals surface area (Å²) in [6.45, 7) is 10.6. The predicted octanol–water partition coefficient (Wildman–Crippen LogP) is 5.27. The lowest BCUT2D eigenvalue weighted by atomic mass is 9.65. The topological polar surface area (TPSA) is 55.7 Å². The number of hydrogen-bond donors (Lipinski definition) is 0. The Morgan fingerprint density at radius 3 is 2.33 bits per heavy atom. The van der Waals surface area contributed by atoms with Crippen LogP contribution in [-0.2, 0) is 14.4 Å². The fraction of sp³-hybridized carbons (Fsp3) is 0.857. The molecule has 4 rings (SSSR count). The molecule has 4 aliphatic rings. The van der Waals surface area contributed by atoms with Crippen molar-refractivity contribution in [3.63, 3.8) is 0 Å². The van der Waals surface area contributed by atoms with Crippen LogP contribution in [0.25, 0.3) is 0 Å². The Morgan fingerprint density at radius 1 is 1.15 bits per heavy atom. The van der Waals surface area contributed by atoms with Crippen molar-refractivity contribution in [1.29, 1.82) is 0 Å². The molecule has 27 heavy (non-hydrogen) atoms. The molecule has 4 fully saturated rings. The zero-order valence-electron chi connectivity index (χ0n) is 16.8. The highest BCUT2D eigenvalue weighted by Gasteiger charge is 2.77. The van der Waals surface area contributed by atoms with Gasteiger partial charge in [-0.05, 0) is 48.9 Å². The number of Topliss-reactive ketones (excluding diaryl/α,β-unsaturated/α-hetero) is 1. The molecule has 0 aromatic carbocycles. The van der Waals surface area contributed by atoms with Crippen LogP contribution in [0.2, 0.25) is 0 Å². The van der Waals surface area contributed by atoms with E-state index in [0.717, 1.165) is 30.3 Å². The first-order chi connectivity index (χ1) is 12.4. The Balaban J connectivity index is 1.63. The molecule has 0 aromatic heterocycles. The third-order valence-electron chi connectivity index (χ3n) is 9.83. The number of fused-ring (bicyclic) bond motifs is 4. The highest BCUT2D eigenvalue weighted by atomic mass is 79.9. The summed E-state index contributed by atoms with van der Waals surface area (Å²) in [6, 6.07) is 0. The standard InChI is InChI=1S/C21H29Br2NO3/c1-17(2)19(4)8-9-21(17,14(23)15(19)25)16(26)27-24-13-10-12-6-7-18(13,3)20(12,5)11-22/h12,14H,6-11H2,1-5H3/b24-13+. The van der Waals surface area contributed by atoms with Gasteiger partial charge in [0.25, 0.3) is 0 Å². The molecule has 0 radical (unpaired) electrons. The fourth-order valence-corrected chi connectivity index (χ4v) is 9.32. The fourth-order valence-electron chi connectivity index (χ4n) is 6.75. The van der Waals surface area contributed by atoms with E-state index in [1.54, 1.807) is 0 Å². The molecule has 0 spiro atoms. The Labute approximate surface area is 178 Å². The van der Waals surface area contributed by atoms with Gasteiger partial charge < -0.3 is 4.84 Å². The van der Waals surface area contributed by atoms with Gasteiger partial charge in [0, 0.05) is 16.2 Å². The van der Waals surface area contributed by atoms with Gasteiger partial charge in [0.1, 0.15) is 0 Å². The van der Waals surface area contributed by atoms with Crippen molar-refractivity contribution in [3.05, 3.63) is 0 Å². The molecule has 150 valence electrons. The van der Waals surface area contributed by atoms with E-state index in [0.29, 0.717) is 12.3 Å². The molecule has 6 atom stereocenters. The van der Waals surface area contributed by atoms with Gasteiger partial charge in [-0.25, -0.2) is 4.79 Å². The van der Waals surface area contributed by atoms with Gasteiger partial charge in [-0.2, -0.15) is 0 Å². The number of carbonyl (C=O) groups excluding carboxylic acids is 2. The lowest BCUT2D eigenvalue weighted by Crippen LogP contribution is -2.45. The molecule has 4 bridgehead atoms. The number of halogens is 2. The van der Waals surface area contributed by atoms with E-state index in [-0.39, 0.29) is 22.6 Å². The molecule has 0 aromatic rings. The van der Waals surface area contributed by atoms with Crippen molar-refractivity contribution in [2.24, 2.45) is 38.1 Å². The molecule has 0 amide bonds. The third kappa shape index (κ3) is 1.98. The van der Waals surface area contributed by atoms with Crippen LogP contribution in [0.15, 0.2) is 5.16 Å². The first-order valence-electron chi connectivity index (χ1n) is 9.95. The Morgan fingerprint density at radius 2 is 1.81 bits per heavy atom. The Hall–Kier alpha value is -0.230. The minimum Gasteiger partial charge on any atom is -0.318 e. The van der Waals surface area contributed by atoms with Gasteiger partial charge in [0.15, 0.2) is 5.78 Å². The second kappa shape index (κ2) is 5.68. The summed E-state index contributed by atoms with van der Waals surface area (Å²) < 4.78 is 0. The van der Waals surface area contributed by atoms with Crippen molar-refractivity contribution in [1.82, 2.24) is 0 Å². The van der Waals surface area contributed by atoms with E-state index in [4.69, 9.17) is 4.84 Å². The normalized spacial score (nSPS) is 51.4. The van der Waals surface area contributed by atoms with Crippen LogP contribution in [0, 0.1) is 33.0 Å². The van der Waals surface area contributed by atoms with Gasteiger partial charge in [0.2, 0.25) is 0 Å². The zero-order valence-corrected chi connectivity index (χ0v) is 20.0. The molecule has 4 nitrogen and oxygen atoms in total. The maximum Gasteiger partial charge on any atom is 0.343 e. The number of oxime groups is 1. The van der Waals surface area contributed by atoms with Crippen LogP contribution in [0.5, 0.6) is 0 Å². The predicted molar refractivity (Wildman–Crippen MR) is 112 cm³/mol. The number of nitrogens with zero attached hydrogens (tertiary/aromatic N) is 1. The van der Waals surface area contributed by atoms with E-state index in [2.05, 4.69) is 50.9 Å². The van der Waals surface area contributed by atoms with E-state index in [9.17, 15) is 9.59 Å². The lowest BCUT2D eigenvalue weighted by molar-refractivity contribution is -0.161. The van der Waals surface area contributed by atoms with Crippen LogP contribution >= 0.6 is 31.9 Å². The summed E-state index contributed by atoms with van der Waals surface area (Å²) in [4.78, 5) is 31.3. The summed E-state index contributed by atoms with van der Waals surface area (Å²) in [7, 11) is 0. The van der Waals surface area contributed by atoms with E-state index in [1.807, 2.05) is 20.8 Å². The summed E-state index contributed by atoms with van der Waals surface area (Å²) in [6.07, 6.45) is 4.59. The van der Waals surface area contributed by atoms with Gasteiger partial charge in [-0.3, -0.25) is 4.79 Å². The molecule has 0 aliphatic heterocycles. The average Bonchev–Trinajstić information content (AvgIpc) is 3.13. The van der Waals surface area contributed by atoms with E-state index in [1.165, 1.54) is 6.42 Å². The second-order valence-electron chi connectivity index (χ2n) is 10.4. The van der Waals surface area contributed by atoms with Crippen LogP contribution in [0.1, 0.15) is 66.7 Å². The molecule has 0 heterocycles. The molecular formula is C21H29Br2NO3. The van der Waals surface area contributed by atoms with Crippen LogP contribution in [-0.4, -0.2) is 27.6 Å². The maximum atomic E-state index is 13.3. The van der Waals surface area contributed by atoms with Crippen LogP contribution in [0.4, 0.5) is 0 Å². The van der Waals surface area contributed by atoms with Gasteiger partial charge in [-0.1, -0.05) is 71.6 Å². The van der Waals surface area contributed by atoms with Gasteiger partial charge in [0.05, 0.1) is 16.0 Å². The second-order valence-corrected chi connectivity index (χ2v) is 11.9. The van der Waals surface area contributed by atoms with Gasteiger partial charge >= 0.3 is 5.97 Å². The van der Waals surface area contributed by atoms with E-state index < -0.39 is 21.1 Å². The van der Waals surface area contributed by atoms with Gasteiger partial charge in [-0.15, -0.1) is 0 Å². The molecule has 4 saturated carbocycles. The zero-order chi connectivity index (χ0) is 20.0. The lowest BCUT2D eigenvalue weighted by Gasteiger charge is -2.38. The van der Waals surface area contributed by atoms with Crippen LogP contribution in [0.3, 0.4) is 0 Å².